The molecule has 1 aromatic rings. The van der Waals surface area contributed by atoms with Gasteiger partial charge in [0.05, 0.1) is 19.8 Å². The normalized spacial score (nSPS) is 11.1. The van der Waals surface area contributed by atoms with Crippen molar-refractivity contribution in [1.29, 1.82) is 0 Å². The Balaban J connectivity index is 2.31. The van der Waals surface area contributed by atoms with Gasteiger partial charge >= 0.3 is 6.01 Å². The quantitative estimate of drug-likeness (QED) is 0.653. The van der Waals surface area contributed by atoms with Crippen LogP contribution in [0, 0.1) is 6.92 Å². The Hall–Kier alpha value is -1.24. The molecule has 0 bridgehead atoms. The summed E-state index contributed by atoms with van der Waals surface area (Å²) < 4.78 is 15.6. The molecule has 1 heterocycles. The average molecular weight is 283 g/mol. The Morgan fingerprint density at radius 1 is 1.20 bits per heavy atom. The summed E-state index contributed by atoms with van der Waals surface area (Å²) in [5, 5.41) is 3.34. The van der Waals surface area contributed by atoms with Crippen LogP contribution in [-0.4, -0.2) is 49.5 Å². The second-order valence-electron chi connectivity index (χ2n) is 4.75. The summed E-state index contributed by atoms with van der Waals surface area (Å²) in [5.41, 5.74) is 2.02. The van der Waals surface area contributed by atoms with Gasteiger partial charge in [0.25, 0.3) is 0 Å². The molecule has 1 N–H and O–H groups in total. The van der Waals surface area contributed by atoms with Gasteiger partial charge < -0.3 is 19.5 Å². The van der Waals surface area contributed by atoms with Crippen molar-refractivity contribution in [3.63, 3.8) is 0 Å². The van der Waals surface area contributed by atoms with Gasteiger partial charge in [0.15, 0.2) is 0 Å². The highest BCUT2D eigenvalue weighted by atomic mass is 16.5. The lowest BCUT2D eigenvalue weighted by Gasteiger charge is -2.11. The molecule has 0 unspecified atom stereocenters. The van der Waals surface area contributed by atoms with E-state index in [9.17, 15) is 0 Å². The summed E-state index contributed by atoms with van der Waals surface area (Å²) in [6, 6.07) is 0.834. The van der Waals surface area contributed by atoms with E-state index in [1.54, 1.807) is 13.3 Å². The van der Waals surface area contributed by atoms with Gasteiger partial charge in [-0.15, -0.1) is 0 Å². The molecule has 114 valence electrons. The van der Waals surface area contributed by atoms with Crippen molar-refractivity contribution in [3.8, 4) is 6.01 Å². The SMILES string of the molecule is COCCOCCOc1ncc(CNC(C)C)c(C)n1. The molecule has 0 saturated carbocycles. The van der Waals surface area contributed by atoms with Crippen LogP contribution in [0.3, 0.4) is 0 Å². The zero-order valence-corrected chi connectivity index (χ0v) is 12.8. The Morgan fingerprint density at radius 3 is 2.60 bits per heavy atom. The second kappa shape index (κ2) is 9.63. The van der Waals surface area contributed by atoms with Gasteiger partial charge in [-0.2, -0.15) is 0 Å². The number of rotatable bonds is 10. The molecule has 0 radical (unpaired) electrons. The first-order chi connectivity index (χ1) is 9.63. The van der Waals surface area contributed by atoms with Crippen molar-refractivity contribution in [2.24, 2.45) is 0 Å². The van der Waals surface area contributed by atoms with Crippen LogP contribution in [0.15, 0.2) is 6.20 Å². The molecule has 1 aromatic heterocycles. The lowest BCUT2D eigenvalue weighted by Crippen LogP contribution is -2.22. The molecular formula is C14H25N3O3. The summed E-state index contributed by atoms with van der Waals surface area (Å²) in [5.74, 6) is 0. The molecule has 1 rings (SSSR count). The topological polar surface area (TPSA) is 65.5 Å². The van der Waals surface area contributed by atoms with Crippen molar-refractivity contribution in [2.45, 2.75) is 33.4 Å². The Labute approximate surface area is 120 Å². The fourth-order valence-electron chi connectivity index (χ4n) is 1.46. The highest BCUT2D eigenvalue weighted by Crippen LogP contribution is 2.08. The maximum atomic E-state index is 5.44. The van der Waals surface area contributed by atoms with Gasteiger partial charge in [0.2, 0.25) is 0 Å². The lowest BCUT2D eigenvalue weighted by molar-refractivity contribution is 0.0528. The van der Waals surface area contributed by atoms with E-state index >= 15 is 0 Å². The van der Waals surface area contributed by atoms with Gasteiger partial charge in [-0.3, -0.25) is 0 Å². The summed E-state index contributed by atoms with van der Waals surface area (Å²) in [6.45, 7) is 9.04. The summed E-state index contributed by atoms with van der Waals surface area (Å²) in [6.07, 6.45) is 1.80. The molecule has 0 amide bonds. The smallest absolute Gasteiger partial charge is 0.316 e. The molecule has 0 aromatic carbocycles. The van der Waals surface area contributed by atoms with Gasteiger partial charge in [0, 0.05) is 37.2 Å². The number of aryl methyl sites for hydroxylation is 1. The fourth-order valence-corrected chi connectivity index (χ4v) is 1.46. The fraction of sp³-hybridized carbons (Fsp3) is 0.714. The minimum atomic E-state index is 0.395. The molecule has 0 fully saturated rings. The third-order valence-electron chi connectivity index (χ3n) is 2.65. The first-order valence-electron chi connectivity index (χ1n) is 6.89. The zero-order valence-electron chi connectivity index (χ0n) is 12.8. The van der Waals surface area contributed by atoms with E-state index in [1.807, 2.05) is 6.92 Å². The minimum absolute atomic E-state index is 0.395. The highest BCUT2D eigenvalue weighted by Gasteiger charge is 2.05. The lowest BCUT2D eigenvalue weighted by atomic mass is 10.2. The monoisotopic (exact) mass is 283 g/mol. The van der Waals surface area contributed by atoms with Crippen LogP contribution in [-0.2, 0) is 16.0 Å². The van der Waals surface area contributed by atoms with Gasteiger partial charge in [0.1, 0.15) is 6.61 Å². The number of hydrogen-bond donors (Lipinski definition) is 1. The first-order valence-corrected chi connectivity index (χ1v) is 6.89. The van der Waals surface area contributed by atoms with E-state index in [0.29, 0.717) is 38.5 Å². The molecule has 6 nitrogen and oxygen atoms in total. The number of ether oxygens (including phenoxy) is 3. The Morgan fingerprint density at radius 2 is 1.95 bits per heavy atom. The average Bonchev–Trinajstić information content (AvgIpc) is 2.41. The van der Waals surface area contributed by atoms with Crippen LogP contribution in [0.2, 0.25) is 0 Å². The van der Waals surface area contributed by atoms with Crippen LogP contribution in [0.5, 0.6) is 6.01 Å². The molecule has 0 aliphatic heterocycles. The summed E-state index contributed by atoms with van der Waals surface area (Å²) >= 11 is 0. The van der Waals surface area contributed by atoms with Crippen molar-refractivity contribution in [2.75, 3.05) is 33.5 Å². The molecular weight excluding hydrogens is 258 g/mol. The van der Waals surface area contributed by atoms with E-state index in [-0.39, 0.29) is 0 Å². The van der Waals surface area contributed by atoms with Crippen molar-refractivity contribution in [3.05, 3.63) is 17.5 Å². The molecule has 0 spiro atoms. The number of hydrogen-bond acceptors (Lipinski definition) is 6. The van der Waals surface area contributed by atoms with E-state index in [4.69, 9.17) is 14.2 Å². The van der Waals surface area contributed by atoms with Crippen molar-refractivity contribution in [1.82, 2.24) is 15.3 Å². The van der Waals surface area contributed by atoms with Crippen molar-refractivity contribution >= 4 is 0 Å². The van der Waals surface area contributed by atoms with Crippen molar-refractivity contribution < 1.29 is 14.2 Å². The predicted octanol–water partition coefficient (Wildman–Crippen LogP) is 1.32. The summed E-state index contributed by atoms with van der Waals surface area (Å²) in [7, 11) is 1.65. The number of aromatic nitrogens is 2. The zero-order chi connectivity index (χ0) is 14.8. The summed E-state index contributed by atoms with van der Waals surface area (Å²) in [4.78, 5) is 8.53. The Kier molecular flexibility index (Phi) is 8.10. The molecule has 6 heteroatoms. The second-order valence-corrected chi connectivity index (χ2v) is 4.75. The maximum absolute atomic E-state index is 5.44. The first kappa shape index (κ1) is 16.8. The Bertz CT molecular complexity index is 386. The minimum Gasteiger partial charge on any atom is -0.461 e. The van der Waals surface area contributed by atoms with E-state index in [2.05, 4.69) is 29.1 Å². The third-order valence-corrected chi connectivity index (χ3v) is 2.65. The number of nitrogens with zero attached hydrogens (tertiary/aromatic N) is 2. The third kappa shape index (κ3) is 6.79. The van der Waals surface area contributed by atoms with Crippen LogP contribution in [0.1, 0.15) is 25.1 Å². The van der Waals surface area contributed by atoms with Gasteiger partial charge in [-0.25, -0.2) is 9.97 Å². The van der Waals surface area contributed by atoms with E-state index < -0.39 is 0 Å². The molecule has 0 saturated heterocycles. The maximum Gasteiger partial charge on any atom is 0.316 e. The van der Waals surface area contributed by atoms with Crippen LogP contribution in [0.4, 0.5) is 0 Å². The molecule has 0 aliphatic rings. The highest BCUT2D eigenvalue weighted by molar-refractivity contribution is 5.17. The molecule has 20 heavy (non-hydrogen) atoms. The number of methoxy groups -OCH3 is 1. The number of nitrogens with one attached hydrogen (secondary N) is 1. The van der Waals surface area contributed by atoms with Gasteiger partial charge in [-0.1, -0.05) is 13.8 Å². The molecule has 0 atom stereocenters. The van der Waals surface area contributed by atoms with Crippen LogP contribution in [0.25, 0.3) is 0 Å². The van der Waals surface area contributed by atoms with Gasteiger partial charge in [-0.05, 0) is 6.92 Å². The van der Waals surface area contributed by atoms with E-state index in [0.717, 1.165) is 17.8 Å². The van der Waals surface area contributed by atoms with Crippen LogP contribution >= 0.6 is 0 Å². The largest absolute Gasteiger partial charge is 0.461 e. The standard InChI is InChI=1S/C14H25N3O3/c1-11(2)15-9-13-10-16-14(17-12(13)3)20-8-7-19-6-5-18-4/h10-11,15H,5-9H2,1-4H3. The van der Waals surface area contributed by atoms with Crippen LogP contribution < -0.4 is 10.1 Å². The predicted molar refractivity (Wildman–Crippen MR) is 76.9 cm³/mol. The van der Waals surface area contributed by atoms with E-state index in [1.165, 1.54) is 0 Å². The molecule has 0 aliphatic carbocycles.